The fourth-order valence-corrected chi connectivity index (χ4v) is 2.06. The molecular formula is C12H16N2O2. The summed E-state index contributed by atoms with van der Waals surface area (Å²) < 4.78 is 12.6. The summed E-state index contributed by atoms with van der Waals surface area (Å²) in [5.74, 6) is 0. The molecule has 16 heavy (non-hydrogen) atoms. The minimum absolute atomic E-state index is 0.00634. The molecule has 4 heteroatoms. The van der Waals surface area contributed by atoms with Crippen LogP contribution in [0.4, 0.5) is 4.79 Å². The second-order valence-corrected chi connectivity index (χ2v) is 3.77. The van der Waals surface area contributed by atoms with Crippen LogP contribution in [0.3, 0.4) is 0 Å². The molecule has 86 valence electrons. The lowest BCUT2D eigenvalue weighted by Crippen LogP contribution is -2.31. The van der Waals surface area contributed by atoms with Gasteiger partial charge in [0.2, 0.25) is 0 Å². The molecule has 0 aromatic carbocycles. The quantitative estimate of drug-likeness (QED) is 0.770. The average Bonchev–Trinajstić information content (AvgIpc) is 2.78. The maximum atomic E-state index is 11.8. The van der Waals surface area contributed by atoms with E-state index in [1.54, 1.807) is 24.1 Å². The summed E-state index contributed by atoms with van der Waals surface area (Å²) in [6.45, 7) is 2.90. The summed E-state index contributed by atoms with van der Waals surface area (Å²) in [4.78, 5) is 17.5. The molecule has 1 unspecified atom stereocenters. The van der Waals surface area contributed by atoms with Crippen molar-refractivity contribution in [2.45, 2.75) is 25.8 Å². The van der Waals surface area contributed by atoms with E-state index in [1.165, 1.54) is 6.20 Å². The van der Waals surface area contributed by atoms with Gasteiger partial charge in [-0.3, -0.25) is 4.98 Å². The van der Waals surface area contributed by atoms with Crippen molar-refractivity contribution in [2.24, 2.45) is 0 Å². The van der Waals surface area contributed by atoms with Crippen LogP contribution in [0.25, 0.3) is 0 Å². The minimum Gasteiger partial charge on any atom is -0.450 e. The summed E-state index contributed by atoms with van der Waals surface area (Å²) in [6, 6.07) is 2.14. The van der Waals surface area contributed by atoms with Gasteiger partial charge in [-0.15, -0.1) is 0 Å². The zero-order valence-electron chi connectivity index (χ0n) is 10.3. The van der Waals surface area contributed by atoms with Gasteiger partial charge in [-0.25, -0.2) is 4.79 Å². The van der Waals surface area contributed by atoms with Crippen molar-refractivity contribution in [3.8, 4) is 0 Å². The van der Waals surface area contributed by atoms with Gasteiger partial charge in [0, 0.05) is 18.9 Å². The van der Waals surface area contributed by atoms with Crippen molar-refractivity contribution in [1.29, 1.82) is 0 Å². The summed E-state index contributed by atoms with van der Waals surface area (Å²) in [5.41, 5.74) is 0.919. The van der Waals surface area contributed by atoms with E-state index in [2.05, 4.69) is 4.98 Å². The largest absolute Gasteiger partial charge is 0.450 e. The number of ether oxygens (including phenoxy) is 1. The second-order valence-electron chi connectivity index (χ2n) is 3.77. The number of carbonyl (C=O) groups excluding carboxylic acids is 1. The first-order valence-corrected chi connectivity index (χ1v) is 5.57. The number of hydrogen-bond donors (Lipinski definition) is 0. The Bertz CT molecular complexity index is 411. The van der Waals surface area contributed by atoms with Crippen molar-refractivity contribution in [3.63, 3.8) is 0 Å². The van der Waals surface area contributed by atoms with Gasteiger partial charge in [0.1, 0.15) is 0 Å². The van der Waals surface area contributed by atoms with Gasteiger partial charge in [-0.2, -0.15) is 0 Å². The molecule has 1 aliphatic rings. The summed E-state index contributed by atoms with van der Waals surface area (Å²) in [7, 11) is 0. The van der Waals surface area contributed by atoms with Gasteiger partial charge in [0.15, 0.2) is 0 Å². The summed E-state index contributed by atoms with van der Waals surface area (Å²) >= 11 is 0. The van der Waals surface area contributed by atoms with Crippen molar-refractivity contribution in [3.05, 3.63) is 30.1 Å². The molecule has 1 amide bonds. The Morgan fingerprint density at radius 1 is 1.81 bits per heavy atom. The highest BCUT2D eigenvalue weighted by atomic mass is 16.6. The van der Waals surface area contributed by atoms with Crippen LogP contribution in [0, 0.1) is 0 Å². The van der Waals surface area contributed by atoms with Crippen LogP contribution in [-0.4, -0.2) is 29.1 Å². The van der Waals surface area contributed by atoms with Crippen LogP contribution in [0.1, 0.15) is 32.7 Å². The molecule has 1 aromatic rings. The average molecular weight is 221 g/mol. The number of likely N-dealkylation sites (tertiary alicyclic amines) is 1. The molecule has 1 aliphatic heterocycles. The van der Waals surface area contributed by atoms with E-state index in [9.17, 15) is 4.79 Å². The molecule has 0 aliphatic carbocycles. The Morgan fingerprint density at radius 2 is 2.69 bits per heavy atom. The van der Waals surface area contributed by atoms with Crippen LogP contribution < -0.4 is 0 Å². The van der Waals surface area contributed by atoms with E-state index in [0.717, 1.165) is 18.4 Å². The monoisotopic (exact) mass is 221 g/mol. The third-order valence-corrected chi connectivity index (χ3v) is 2.76. The Hall–Kier alpha value is -1.58. The van der Waals surface area contributed by atoms with Gasteiger partial charge >= 0.3 is 6.09 Å². The lowest BCUT2D eigenvalue weighted by Gasteiger charge is -2.23. The van der Waals surface area contributed by atoms with Gasteiger partial charge in [-0.1, -0.05) is 6.07 Å². The highest BCUT2D eigenvalue weighted by Gasteiger charge is 2.30. The zero-order chi connectivity index (χ0) is 12.3. The molecule has 1 fully saturated rings. The molecule has 2 rings (SSSR count). The number of amides is 1. The molecule has 4 nitrogen and oxygen atoms in total. The first kappa shape index (κ1) is 9.63. The fourth-order valence-electron chi connectivity index (χ4n) is 2.06. The predicted molar refractivity (Wildman–Crippen MR) is 59.9 cm³/mol. The first-order valence-electron chi connectivity index (χ1n) is 6.07. The molecule has 0 radical (unpaired) electrons. The van der Waals surface area contributed by atoms with Crippen LogP contribution in [0.5, 0.6) is 0 Å². The fraction of sp³-hybridized carbons (Fsp3) is 0.500. The van der Waals surface area contributed by atoms with Crippen molar-refractivity contribution in [2.75, 3.05) is 13.2 Å². The van der Waals surface area contributed by atoms with Gasteiger partial charge in [0.25, 0.3) is 0 Å². The number of hydrogen-bond acceptors (Lipinski definition) is 3. The minimum atomic E-state index is -0.273. The highest BCUT2D eigenvalue weighted by molar-refractivity contribution is 5.68. The van der Waals surface area contributed by atoms with Gasteiger partial charge in [-0.05, 0) is 31.4 Å². The standard InChI is InChI=1S/C12H16N2O2/c1-2-16-12(15)14-8-4-6-11(14)10-5-3-7-13-9-10/h3,5,7,9,11H,2,4,6,8H2,1H3/i3D. The Kier molecular flexibility index (Phi) is 2.99. The van der Waals surface area contributed by atoms with E-state index < -0.39 is 0 Å². The lowest BCUT2D eigenvalue weighted by atomic mass is 10.1. The van der Waals surface area contributed by atoms with Gasteiger partial charge < -0.3 is 9.64 Å². The number of rotatable bonds is 2. The smallest absolute Gasteiger partial charge is 0.410 e. The third kappa shape index (κ3) is 2.15. The Balaban J connectivity index is 2.17. The summed E-state index contributed by atoms with van der Waals surface area (Å²) in [6.07, 6.45) is 4.81. The van der Waals surface area contributed by atoms with Crippen LogP contribution >= 0.6 is 0 Å². The Morgan fingerprint density at radius 3 is 3.44 bits per heavy atom. The van der Waals surface area contributed by atoms with Crippen molar-refractivity contribution < 1.29 is 10.9 Å². The molecule has 1 aromatic heterocycles. The second kappa shape index (κ2) is 4.96. The molecule has 0 bridgehead atoms. The van der Waals surface area contributed by atoms with E-state index >= 15 is 0 Å². The maximum absolute atomic E-state index is 11.8. The van der Waals surface area contributed by atoms with E-state index in [4.69, 9.17) is 6.11 Å². The summed E-state index contributed by atoms with van der Waals surface area (Å²) in [5, 5.41) is 0. The topological polar surface area (TPSA) is 42.4 Å². The predicted octanol–water partition coefficient (Wildman–Crippen LogP) is 2.38. The number of nitrogens with zero attached hydrogens (tertiary/aromatic N) is 2. The molecule has 0 N–H and O–H groups in total. The van der Waals surface area contributed by atoms with E-state index in [-0.39, 0.29) is 12.1 Å². The van der Waals surface area contributed by atoms with E-state index in [0.29, 0.717) is 19.2 Å². The highest BCUT2D eigenvalue weighted by Crippen LogP contribution is 2.31. The SMILES string of the molecule is [2H]c1cncc(C2CCCN2C(=O)OCC)c1. The molecule has 1 saturated heterocycles. The van der Waals surface area contributed by atoms with Crippen molar-refractivity contribution in [1.82, 2.24) is 9.88 Å². The Labute approximate surface area is 96.6 Å². The lowest BCUT2D eigenvalue weighted by molar-refractivity contribution is 0.103. The molecule has 0 saturated carbocycles. The maximum Gasteiger partial charge on any atom is 0.410 e. The first-order chi connectivity index (χ1) is 8.22. The number of carbonyl (C=O) groups is 1. The molecule has 1 atom stereocenters. The van der Waals surface area contributed by atoms with E-state index in [1.807, 2.05) is 0 Å². The number of aromatic nitrogens is 1. The van der Waals surface area contributed by atoms with Crippen LogP contribution in [0.15, 0.2) is 24.5 Å². The van der Waals surface area contributed by atoms with Gasteiger partial charge in [0.05, 0.1) is 14.0 Å². The third-order valence-electron chi connectivity index (χ3n) is 2.76. The molecule has 2 heterocycles. The van der Waals surface area contributed by atoms with Crippen molar-refractivity contribution >= 4 is 6.09 Å². The van der Waals surface area contributed by atoms with Crippen LogP contribution in [0.2, 0.25) is 0 Å². The molecule has 0 spiro atoms. The normalized spacial score (nSPS) is 20.7. The van der Waals surface area contributed by atoms with Crippen LogP contribution in [-0.2, 0) is 4.74 Å². The number of pyridine rings is 1. The molecular weight excluding hydrogens is 204 g/mol. The zero-order valence-corrected chi connectivity index (χ0v) is 9.35.